The number of carbonyl (C=O) groups is 1. The lowest BCUT2D eigenvalue weighted by molar-refractivity contribution is -0.126. The van der Waals surface area contributed by atoms with Crippen molar-refractivity contribution in [1.82, 2.24) is 0 Å². The molecule has 70 valence electrons. The molecule has 12 heavy (non-hydrogen) atoms. The first kappa shape index (κ1) is 9.72. The van der Waals surface area contributed by atoms with Crippen molar-refractivity contribution in [1.29, 1.82) is 0 Å². The van der Waals surface area contributed by atoms with Crippen molar-refractivity contribution in [3.8, 4) is 0 Å². The van der Waals surface area contributed by atoms with Gasteiger partial charge in [0.15, 0.2) is 0 Å². The molecular formula is C10H18O2. The van der Waals surface area contributed by atoms with Gasteiger partial charge < -0.3 is 9.53 Å². The zero-order valence-corrected chi connectivity index (χ0v) is 8.17. The molecule has 0 amide bonds. The van der Waals surface area contributed by atoms with Gasteiger partial charge in [-0.05, 0) is 25.7 Å². The van der Waals surface area contributed by atoms with Gasteiger partial charge in [-0.25, -0.2) is 0 Å². The summed E-state index contributed by atoms with van der Waals surface area (Å²) in [5.41, 5.74) is -0.200. The molecule has 1 fully saturated rings. The van der Waals surface area contributed by atoms with E-state index in [1.807, 2.05) is 6.92 Å². The lowest BCUT2D eigenvalue weighted by atomic mass is 9.76. The average molecular weight is 170 g/mol. The van der Waals surface area contributed by atoms with E-state index in [1.54, 1.807) is 7.11 Å². The number of rotatable bonds is 3. The zero-order chi connectivity index (χ0) is 9.19. The molecule has 0 aliphatic heterocycles. The van der Waals surface area contributed by atoms with E-state index < -0.39 is 0 Å². The molecule has 0 aromatic heterocycles. The van der Waals surface area contributed by atoms with Crippen LogP contribution in [0.1, 0.15) is 33.1 Å². The topological polar surface area (TPSA) is 26.3 Å². The fourth-order valence-corrected chi connectivity index (χ4v) is 2.32. The van der Waals surface area contributed by atoms with Gasteiger partial charge in [-0.1, -0.05) is 13.3 Å². The van der Waals surface area contributed by atoms with Gasteiger partial charge in [0, 0.05) is 7.11 Å². The molecule has 3 unspecified atom stereocenters. The number of ether oxygens (including phenoxy) is 1. The second kappa shape index (κ2) is 3.56. The maximum atomic E-state index is 11.1. The summed E-state index contributed by atoms with van der Waals surface area (Å²) in [5, 5.41) is 0. The van der Waals surface area contributed by atoms with Gasteiger partial charge in [0.1, 0.15) is 6.29 Å². The molecule has 0 saturated heterocycles. The highest BCUT2D eigenvalue weighted by Gasteiger charge is 2.44. The third-order valence-corrected chi connectivity index (χ3v) is 3.49. The van der Waals surface area contributed by atoms with Gasteiger partial charge in [0.2, 0.25) is 0 Å². The van der Waals surface area contributed by atoms with Crippen LogP contribution in [-0.2, 0) is 9.53 Å². The van der Waals surface area contributed by atoms with Crippen LogP contribution in [0, 0.1) is 11.3 Å². The van der Waals surface area contributed by atoms with E-state index in [2.05, 4.69) is 6.92 Å². The maximum Gasteiger partial charge on any atom is 0.128 e. The monoisotopic (exact) mass is 170 g/mol. The van der Waals surface area contributed by atoms with Crippen LogP contribution >= 0.6 is 0 Å². The first-order valence-corrected chi connectivity index (χ1v) is 4.66. The predicted octanol–water partition coefficient (Wildman–Crippen LogP) is 2.03. The molecule has 0 radical (unpaired) electrons. The predicted molar refractivity (Wildman–Crippen MR) is 48.0 cm³/mol. The van der Waals surface area contributed by atoms with Crippen LogP contribution in [0.3, 0.4) is 0 Å². The van der Waals surface area contributed by atoms with Crippen molar-refractivity contribution >= 4 is 6.29 Å². The highest BCUT2D eigenvalue weighted by molar-refractivity contribution is 5.61. The molecule has 3 atom stereocenters. The van der Waals surface area contributed by atoms with Crippen LogP contribution in [0.2, 0.25) is 0 Å². The Morgan fingerprint density at radius 2 is 2.33 bits per heavy atom. The third kappa shape index (κ3) is 1.28. The van der Waals surface area contributed by atoms with E-state index in [0.29, 0.717) is 5.92 Å². The molecule has 1 rings (SSSR count). The summed E-state index contributed by atoms with van der Waals surface area (Å²) < 4.78 is 5.27. The van der Waals surface area contributed by atoms with Crippen molar-refractivity contribution in [2.75, 3.05) is 7.11 Å². The summed E-state index contributed by atoms with van der Waals surface area (Å²) in [6, 6.07) is 0. The molecule has 1 aliphatic carbocycles. The van der Waals surface area contributed by atoms with Crippen molar-refractivity contribution in [2.24, 2.45) is 11.3 Å². The molecule has 0 bridgehead atoms. The maximum absolute atomic E-state index is 11.1. The highest BCUT2D eigenvalue weighted by Crippen LogP contribution is 2.44. The summed E-state index contributed by atoms with van der Waals surface area (Å²) >= 11 is 0. The van der Waals surface area contributed by atoms with E-state index >= 15 is 0 Å². The Balaban J connectivity index is 2.80. The molecule has 0 aromatic rings. The van der Waals surface area contributed by atoms with E-state index in [-0.39, 0.29) is 11.5 Å². The summed E-state index contributed by atoms with van der Waals surface area (Å²) in [6.07, 6.45) is 4.48. The first-order valence-electron chi connectivity index (χ1n) is 4.66. The Kier molecular flexibility index (Phi) is 2.89. The highest BCUT2D eigenvalue weighted by atomic mass is 16.5. The largest absolute Gasteiger partial charge is 0.381 e. The van der Waals surface area contributed by atoms with Crippen LogP contribution in [0.15, 0.2) is 0 Å². The molecule has 2 heteroatoms. The smallest absolute Gasteiger partial charge is 0.128 e. The van der Waals surface area contributed by atoms with Gasteiger partial charge >= 0.3 is 0 Å². The van der Waals surface area contributed by atoms with Crippen LogP contribution in [0.4, 0.5) is 0 Å². The van der Waals surface area contributed by atoms with Crippen LogP contribution < -0.4 is 0 Å². The van der Waals surface area contributed by atoms with Gasteiger partial charge in [-0.2, -0.15) is 0 Å². The number of hydrogen-bond acceptors (Lipinski definition) is 2. The van der Waals surface area contributed by atoms with E-state index in [0.717, 1.165) is 25.5 Å². The van der Waals surface area contributed by atoms with Crippen molar-refractivity contribution in [3.63, 3.8) is 0 Å². The number of methoxy groups -OCH3 is 1. The van der Waals surface area contributed by atoms with Crippen molar-refractivity contribution in [2.45, 2.75) is 39.2 Å². The Hall–Kier alpha value is -0.370. The SMILES string of the molecule is COC(C)C1(C=O)CCCC1C. The Morgan fingerprint density at radius 3 is 2.67 bits per heavy atom. The summed E-state index contributed by atoms with van der Waals surface area (Å²) in [7, 11) is 1.68. The molecule has 0 aromatic carbocycles. The number of carbonyl (C=O) groups excluding carboxylic acids is 1. The minimum absolute atomic E-state index is 0.0625. The fraction of sp³-hybridized carbons (Fsp3) is 0.900. The molecule has 1 aliphatic rings. The second-order valence-corrected chi connectivity index (χ2v) is 3.90. The van der Waals surface area contributed by atoms with E-state index in [1.165, 1.54) is 0 Å². The molecule has 0 N–H and O–H groups in total. The summed E-state index contributed by atoms with van der Waals surface area (Å²) in [5.74, 6) is 0.477. The van der Waals surface area contributed by atoms with Gasteiger partial charge in [-0.3, -0.25) is 0 Å². The lowest BCUT2D eigenvalue weighted by Gasteiger charge is -2.32. The van der Waals surface area contributed by atoms with Crippen LogP contribution in [-0.4, -0.2) is 19.5 Å². The molecule has 2 nitrogen and oxygen atoms in total. The Labute approximate surface area is 74.3 Å². The van der Waals surface area contributed by atoms with Crippen molar-refractivity contribution < 1.29 is 9.53 Å². The zero-order valence-electron chi connectivity index (χ0n) is 8.17. The summed E-state index contributed by atoms with van der Waals surface area (Å²) in [6.45, 7) is 4.15. The molecule has 1 saturated carbocycles. The first-order chi connectivity index (χ1) is 5.67. The number of aldehydes is 1. The van der Waals surface area contributed by atoms with Crippen molar-refractivity contribution in [3.05, 3.63) is 0 Å². The van der Waals surface area contributed by atoms with E-state index in [9.17, 15) is 4.79 Å². The molecule has 0 spiro atoms. The quantitative estimate of drug-likeness (QED) is 0.606. The Bertz CT molecular complexity index is 167. The number of hydrogen-bond donors (Lipinski definition) is 0. The lowest BCUT2D eigenvalue weighted by Crippen LogP contribution is -2.38. The van der Waals surface area contributed by atoms with Gasteiger partial charge in [0.25, 0.3) is 0 Å². The van der Waals surface area contributed by atoms with Gasteiger partial charge in [-0.15, -0.1) is 0 Å². The minimum atomic E-state index is -0.200. The molecular weight excluding hydrogens is 152 g/mol. The van der Waals surface area contributed by atoms with Crippen LogP contribution in [0.25, 0.3) is 0 Å². The fourth-order valence-electron chi connectivity index (χ4n) is 2.32. The normalized spacial score (nSPS) is 38.1. The third-order valence-electron chi connectivity index (χ3n) is 3.49. The Morgan fingerprint density at radius 1 is 1.67 bits per heavy atom. The van der Waals surface area contributed by atoms with E-state index in [4.69, 9.17) is 4.74 Å². The average Bonchev–Trinajstić information content (AvgIpc) is 2.46. The van der Waals surface area contributed by atoms with Gasteiger partial charge in [0.05, 0.1) is 11.5 Å². The second-order valence-electron chi connectivity index (χ2n) is 3.90. The molecule has 0 heterocycles. The van der Waals surface area contributed by atoms with Crippen LogP contribution in [0.5, 0.6) is 0 Å². The minimum Gasteiger partial charge on any atom is -0.381 e. The standard InChI is InChI=1S/C10H18O2/c1-8-5-4-6-10(8,7-11)9(2)12-3/h7-9H,4-6H2,1-3H3. The summed E-state index contributed by atoms with van der Waals surface area (Å²) in [4.78, 5) is 11.1.